The van der Waals surface area contributed by atoms with Gasteiger partial charge in [-0.15, -0.1) is 16.0 Å². The predicted octanol–water partition coefficient (Wildman–Crippen LogP) is 2.85. The summed E-state index contributed by atoms with van der Waals surface area (Å²) in [5.41, 5.74) is 1.38. The van der Waals surface area contributed by atoms with E-state index >= 15 is 0 Å². The van der Waals surface area contributed by atoms with Crippen molar-refractivity contribution < 1.29 is 23.2 Å². The molecule has 0 spiro atoms. The zero-order valence-corrected chi connectivity index (χ0v) is 16.4. The second kappa shape index (κ2) is 7.74. The van der Waals surface area contributed by atoms with Crippen molar-refractivity contribution in [3.8, 4) is 10.6 Å². The number of nitrogens with zero attached hydrogens (tertiary/aromatic N) is 5. The number of aromatic amines is 1. The van der Waals surface area contributed by atoms with E-state index in [4.69, 9.17) is 0 Å². The van der Waals surface area contributed by atoms with Crippen LogP contribution in [0.3, 0.4) is 0 Å². The first-order valence-corrected chi connectivity index (χ1v) is 9.64. The minimum absolute atomic E-state index is 0.0961. The number of halogens is 2. The van der Waals surface area contributed by atoms with Gasteiger partial charge in [-0.1, -0.05) is 0 Å². The Morgan fingerprint density at radius 2 is 2.27 bits per heavy atom. The molecule has 3 aromatic rings. The van der Waals surface area contributed by atoms with Crippen LogP contribution in [-0.2, 0) is 19.6 Å². The van der Waals surface area contributed by atoms with Gasteiger partial charge in [0.25, 0.3) is 6.43 Å². The number of urea groups is 1. The minimum atomic E-state index is -2.54. The summed E-state index contributed by atoms with van der Waals surface area (Å²) in [4.78, 5) is 33.9. The number of thiazole rings is 1. The molecule has 0 radical (unpaired) electrons. The number of fused-ring (bicyclic) bond motifs is 1. The molecule has 0 aliphatic carbocycles. The van der Waals surface area contributed by atoms with Crippen molar-refractivity contribution in [2.45, 2.75) is 33.0 Å². The van der Waals surface area contributed by atoms with Crippen molar-refractivity contribution in [3.63, 3.8) is 0 Å². The van der Waals surface area contributed by atoms with Crippen molar-refractivity contribution in [2.24, 2.45) is 0 Å². The average Bonchev–Trinajstić information content (AvgIpc) is 3.38. The Labute approximate surface area is 172 Å². The standard InChI is InChI=1S/C17H15F2N7O3S/c1-9-20-5-14(30-9)11-2-3-12(26(28)29)16(22-11)23-17(27)24-6-10-4-21-25(8-15(18)19)13(10)7-24/h2-5,15H,6-8H2,1H3,(H,22,23,27)/p+1. The summed E-state index contributed by atoms with van der Waals surface area (Å²) in [5.74, 6) is -0.188. The van der Waals surface area contributed by atoms with E-state index in [1.54, 1.807) is 12.4 Å². The first-order chi connectivity index (χ1) is 14.3. The van der Waals surface area contributed by atoms with E-state index in [1.165, 1.54) is 33.1 Å². The number of hydrogen-bond donors (Lipinski definition) is 2. The minimum Gasteiger partial charge on any atom is -0.309 e. The van der Waals surface area contributed by atoms with Crippen LogP contribution in [0.25, 0.3) is 10.6 Å². The van der Waals surface area contributed by atoms with Gasteiger partial charge in [0, 0.05) is 12.3 Å². The highest BCUT2D eigenvalue weighted by atomic mass is 32.1. The van der Waals surface area contributed by atoms with Gasteiger partial charge in [-0.3, -0.25) is 15.4 Å². The first kappa shape index (κ1) is 19.8. The number of amides is 2. The number of aryl methyl sites for hydroxylation is 1. The van der Waals surface area contributed by atoms with Gasteiger partial charge in [0.15, 0.2) is 0 Å². The highest BCUT2D eigenvalue weighted by molar-refractivity contribution is 7.15. The van der Waals surface area contributed by atoms with Crippen molar-refractivity contribution in [1.82, 2.24) is 20.0 Å². The molecule has 10 nitrogen and oxygen atoms in total. The number of hydrogen-bond acceptors (Lipinski definition) is 6. The summed E-state index contributed by atoms with van der Waals surface area (Å²) in [6, 6.07) is 2.16. The van der Waals surface area contributed by atoms with Crippen molar-refractivity contribution in [2.75, 3.05) is 5.32 Å². The molecule has 4 heterocycles. The second-order valence-electron chi connectivity index (χ2n) is 6.60. The topological polar surface area (TPSA) is 121 Å². The highest BCUT2D eigenvalue weighted by Crippen LogP contribution is 2.30. The third-order valence-electron chi connectivity index (χ3n) is 4.57. The van der Waals surface area contributed by atoms with E-state index in [0.717, 1.165) is 5.01 Å². The van der Waals surface area contributed by atoms with Crippen LogP contribution < -0.4 is 10.00 Å². The fraction of sp³-hybridized carbons (Fsp3) is 0.294. The van der Waals surface area contributed by atoms with Gasteiger partial charge in [0.2, 0.25) is 18.1 Å². The number of rotatable bonds is 5. The summed E-state index contributed by atoms with van der Waals surface area (Å²) < 4.78 is 26.7. The van der Waals surface area contributed by atoms with Crippen LogP contribution in [0, 0.1) is 17.0 Å². The lowest BCUT2D eigenvalue weighted by atomic mass is 10.3. The lowest BCUT2D eigenvalue weighted by Crippen LogP contribution is -2.43. The molecule has 2 N–H and O–H groups in total. The summed E-state index contributed by atoms with van der Waals surface area (Å²) >= 11 is 1.37. The fourth-order valence-electron chi connectivity index (χ4n) is 3.19. The zero-order chi connectivity index (χ0) is 21.4. The van der Waals surface area contributed by atoms with E-state index in [1.807, 2.05) is 6.92 Å². The second-order valence-corrected chi connectivity index (χ2v) is 7.83. The van der Waals surface area contributed by atoms with Crippen molar-refractivity contribution in [1.29, 1.82) is 0 Å². The highest BCUT2D eigenvalue weighted by Gasteiger charge is 2.34. The Hall–Kier alpha value is -3.48. The Morgan fingerprint density at radius 1 is 1.47 bits per heavy atom. The number of carbonyl (C=O) groups excluding carboxylic acids is 1. The van der Waals surface area contributed by atoms with Crippen LogP contribution in [-0.4, -0.2) is 37.3 Å². The third-order valence-corrected chi connectivity index (χ3v) is 5.51. The molecule has 30 heavy (non-hydrogen) atoms. The van der Waals surface area contributed by atoms with E-state index in [2.05, 4.69) is 20.4 Å². The van der Waals surface area contributed by atoms with Gasteiger partial charge in [0.05, 0.1) is 38.8 Å². The predicted molar refractivity (Wildman–Crippen MR) is 102 cm³/mol. The molecule has 0 atom stereocenters. The average molecular weight is 436 g/mol. The number of anilines is 1. The first-order valence-electron chi connectivity index (χ1n) is 8.83. The number of nitrogens with one attached hydrogen (secondary N) is 2. The van der Waals surface area contributed by atoms with E-state index in [-0.39, 0.29) is 24.6 Å². The number of nitro groups is 1. The molecule has 2 amide bonds. The van der Waals surface area contributed by atoms with Gasteiger partial charge >= 0.3 is 11.7 Å². The summed E-state index contributed by atoms with van der Waals surface area (Å²) in [6.45, 7) is 1.60. The normalized spacial score (nSPS) is 13.0. The maximum absolute atomic E-state index is 12.7. The van der Waals surface area contributed by atoms with Crippen LogP contribution in [0.2, 0.25) is 0 Å². The Balaban J connectivity index is 1.55. The van der Waals surface area contributed by atoms with Crippen LogP contribution in [0.15, 0.2) is 24.5 Å². The molecule has 1 aliphatic rings. The quantitative estimate of drug-likeness (QED) is 0.362. The van der Waals surface area contributed by atoms with Crippen molar-refractivity contribution in [3.05, 3.63) is 50.9 Å². The number of alkyl halides is 2. The molecule has 0 fully saturated rings. The smallest absolute Gasteiger partial charge is 0.309 e. The molecule has 0 aromatic carbocycles. The fourth-order valence-corrected chi connectivity index (χ4v) is 3.94. The monoisotopic (exact) mass is 436 g/mol. The lowest BCUT2D eigenvalue weighted by molar-refractivity contribution is -0.763. The van der Waals surface area contributed by atoms with Crippen LogP contribution >= 0.6 is 11.3 Å². The molecule has 0 bridgehead atoms. The molecular weight excluding hydrogens is 420 g/mol. The SMILES string of the molecule is Cc1ncc(-c2ccc([N+](=O)[O-])c(NC(=O)N3Cc4c[nH][n+](CC(F)F)c4C3)n2)s1. The molecule has 1 aliphatic heterocycles. The van der Waals surface area contributed by atoms with Crippen molar-refractivity contribution >= 4 is 28.9 Å². The van der Waals surface area contributed by atoms with Gasteiger partial charge in [-0.05, 0) is 13.0 Å². The largest absolute Gasteiger partial charge is 0.324 e. The zero-order valence-electron chi connectivity index (χ0n) is 15.6. The lowest BCUT2D eigenvalue weighted by Gasteiger charge is -2.15. The van der Waals surface area contributed by atoms with Crippen LogP contribution in [0.5, 0.6) is 0 Å². The summed E-state index contributed by atoms with van der Waals surface area (Å²) in [5, 5.41) is 17.4. The molecule has 4 rings (SSSR count). The number of aromatic nitrogens is 4. The van der Waals surface area contributed by atoms with Crippen LogP contribution in [0.1, 0.15) is 16.3 Å². The number of carbonyl (C=O) groups is 1. The number of pyridine rings is 1. The summed E-state index contributed by atoms with van der Waals surface area (Å²) in [7, 11) is 0. The van der Waals surface area contributed by atoms with Gasteiger partial charge in [-0.25, -0.2) is 23.5 Å². The Morgan fingerprint density at radius 3 is 2.93 bits per heavy atom. The Kier molecular flexibility index (Phi) is 5.11. The molecular formula is C17H16F2N7O3S+. The van der Waals surface area contributed by atoms with E-state index in [9.17, 15) is 23.7 Å². The maximum Gasteiger partial charge on any atom is 0.324 e. The molecule has 0 saturated carbocycles. The Bertz CT molecular complexity index is 1130. The van der Waals surface area contributed by atoms with Gasteiger partial charge < -0.3 is 4.90 Å². The number of H-pyrrole nitrogens is 1. The molecule has 0 unspecified atom stereocenters. The molecule has 3 aromatic heterocycles. The molecule has 13 heteroatoms. The molecule has 156 valence electrons. The van der Waals surface area contributed by atoms with Gasteiger partial charge in [0.1, 0.15) is 6.54 Å². The van der Waals surface area contributed by atoms with Gasteiger partial charge in [-0.2, -0.15) is 5.10 Å². The van der Waals surface area contributed by atoms with Crippen LogP contribution in [0.4, 0.5) is 25.1 Å². The summed E-state index contributed by atoms with van der Waals surface area (Å²) in [6.07, 6.45) is 0.638. The van der Waals surface area contributed by atoms with E-state index < -0.39 is 23.9 Å². The third kappa shape index (κ3) is 3.83. The van der Waals surface area contributed by atoms with E-state index in [0.29, 0.717) is 21.8 Å². The maximum atomic E-state index is 12.7. The molecule has 0 saturated heterocycles.